The quantitative estimate of drug-likeness (QED) is 0.337. The number of thiophene rings is 1. The third kappa shape index (κ3) is 4.50. The molecule has 0 bridgehead atoms. The third-order valence-electron chi connectivity index (χ3n) is 5.45. The van der Waals surface area contributed by atoms with E-state index in [1.165, 1.54) is 7.11 Å². The average molecular weight is 492 g/mol. The molecule has 180 valence electrons. The van der Waals surface area contributed by atoms with Crippen LogP contribution in [0.3, 0.4) is 0 Å². The summed E-state index contributed by atoms with van der Waals surface area (Å²) in [5.41, 5.74) is 9.39. The minimum absolute atomic E-state index is 0.215. The number of ether oxygens (including phenoxy) is 3. The predicted molar refractivity (Wildman–Crippen MR) is 138 cm³/mol. The van der Waals surface area contributed by atoms with Gasteiger partial charge in [0.1, 0.15) is 9.71 Å². The normalized spacial score (nSPS) is 10.7. The first kappa shape index (κ1) is 24.0. The average Bonchev–Trinajstić information content (AvgIpc) is 3.19. The third-order valence-corrected chi connectivity index (χ3v) is 6.53. The molecule has 0 aliphatic carbocycles. The molecule has 0 fully saturated rings. The molecule has 3 N–H and O–H groups in total. The van der Waals surface area contributed by atoms with Crippen LogP contribution < -0.4 is 20.5 Å². The summed E-state index contributed by atoms with van der Waals surface area (Å²) < 4.78 is 16.1. The lowest BCUT2D eigenvalue weighted by molar-refractivity contribution is 0.0533. The highest BCUT2D eigenvalue weighted by Crippen LogP contribution is 2.44. The standard InChI is InChI=1S/C26H25N3O5S/c1-5-34-26(31)23-22(27)21-20(15-11-12-17(32-3)18(13-15)33-4)19(14(2)28-25(21)35-23)24(30)29-16-9-7-6-8-10-16/h6-13H,5,27H2,1-4H3,(H,29,30). The van der Waals surface area contributed by atoms with Gasteiger partial charge in [0.2, 0.25) is 0 Å². The molecule has 4 rings (SSSR count). The number of aryl methyl sites for hydroxylation is 1. The van der Waals surface area contributed by atoms with Crippen molar-refractivity contribution in [1.82, 2.24) is 4.98 Å². The van der Waals surface area contributed by atoms with Crippen molar-refractivity contribution in [3.05, 3.63) is 64.7 Å². The van der Waals surface area contributed by atoms with Crippen LogP contribution in [0, 0.1) is 6.92 Å². The van der Waals surface area contributed by atoms with Crippen molar-refractivity contribution >= 4 is 44.8 Å². The number of nitrogens with two attached hydrogens (primary N) is 1. The van der Waals surface area contributed by atoms with E-state index in [1.54, 1.807) is 45.2 Å². The van der Waals surface area contributed by atoms with E-state index in [9.17, 15) is 9.59 Å². The van der Waals surface area contributed by atoms with Crippen LogP contribution in [0.15, 0.2) is 48.5 Å². The summed E-state index contributed by atoms with van der Waals surface area (Å²) in [4.78, 5) is 31.6. The molecule has 0 unspecified atom stereocenters. The topological polar surface area (TPSA) is 113 Å². The second-order valence-corrected chi connectivity index (χ2v) is 8.58. The first-order chi connectivity index (χ1) is 16.9. The van der Waals surface area contributed by atoms with Crippen molar-refractivity contribution < 1.29 is 23.8 Å². The van der Waals surface area contributed by atoms with Gasteiger partial charge in [-0.3, -0.25) is 4.79 Å². The van der Waals surface area contributed by atoms with Gasteiger partial charge >= 0.3 is 5.97 Å². The van der Waals surface area contributed by atoms with E-state index in [0.29, 0.717) is 49.8 Å². The van der Waals surface area contributed by atoms with Gasteiger partial charge in [0.05, 0.1) is 37.8 Å². The van der Waals surface area contributed by atoms with Gasteiger partial charge in [0, 0.05) is 16.6 Å². The minimum Gasteiger partial charge on any atom is -0.493 e. The fourth-order valence-electron chi connectivity index (χ4n) is 3.89. The largest absolute Gasteiger partial charge is 0.493 e. The highest BCUT2D eigenvalue weighted by molar-refractivity contribution is 7.21. The van der Waals surface area contributed by atoms with E-state index < -0.39 is 5.97 Å². The maximum atomic E-state index is 13.6. The summed E-state index contributed by atoms with van der Waals surface area (Å²) in [7, 11) is 3.09. The number of fused-ring (bicyclic) bond motifs is 1. The van der Waals surface area contributed by atoms with E-state index in [-0.39, 0.29) is 23.1 Å². The molecule has 0 radical (unpaired) electrons. The molecule has 0 atom stereocenters. The van der Waals surface area contributed by atoms with E-state index in [0.717, 1.165) is 11.3 Å². The fourth-order valence-corrected chi connectivity index (χ4v) is 4.93. The molecule has 2 heterocycles. The molecule has 0 saturated carbocycles. The summed E-state index contributed by atoms with van der Waals surface area (Å²) in [5.74, 6) is 0.149. The first-order valence-electron chi connectivity index (χ1n) is 10.9. The van der Waals surface area contributed by atoms with Crippen LogP contribution in [0.1, 0.15) is 32.6 Å². The highest BCUT2D eigenvalue weighted by atomic mass is 32.1. The van der Waals surface area contributed by atoms with E-state index >= 15 is 0 Å². The Balaban J connectivity index is 2.01. The van der Waals surface area contributed by atoms with Crippen LogP contribution in [-0.2, 0) is 4.74 Å². The Morgan fingerprint density at radius 1 is 1.06 bits per heavy atom. The van der Waals surface area contributed by atoms with Crippen LogP contribution in [0.5, 0.6) is 11.5 Å². The Morgan fingerprint density at radius 3 is 2.43 bits per heavy atom. The highest BCUT2D eigenvalue weighted by Gasteiger charge is 2.27. The number of carbonyl (C=O) groups is 2. The lowest BCUT2D eigenvalue weighted by Crippen LogP contribution is -2.16. The van der Waals surface area contributed by atoms with Gasteiger partial charge in [-0.1, -0.05) is 24.3 Å². The van der Waals surface area contributed by atoms with Crippen molar-refractivity contribution in [3.8, 4) is 22.6 Å². The van der Waals surface area contributed by atoms with E-state index in [2.05, 4.69) is 10.3 Å². The molecule has 2 aromatic carbocycles. The number of esters is 1. The minimum atomic E-state index is -0.529. The van der Waals surface area contributed by atoms with Gasteiger partial charge in [-0.05, 0) is 43.7 Å². The van der Waals surface area contributed by atoms with Gasteiger partial charge in [0.25, 0.3) is 5.91 Å². The molecule has 0 spiro atoms. The maximum Gasteiger partial charge on any atom is 0.350 e. The van der Waals surface area contributed by atoms with Gasteiger partial charge < -0.3 is 25.3 Å². The predicted octanol–water partition coefficient (Wildman–Crippen LogP) is 5.30. The molecule has 8 nitrogen and oxygen atoms in total. The summed E-state index contributed by atoms with van der Waals surface area (Å²) in [6, 6.07) is 14.5. The molecule has 0 aliphatic rings. The Kier molecular flexibility index (Phi) is 6.88. The van der Waals surface area contributed by atoms with Crippen molar-refractivity contribution in [1.29, 1.82) is 0 Å². The lowest BCUT2D eigenvalue weighted by atomic mass is 9.94. The van der Waals surface area contributed by atoms with Crippen LogP contribution in [0.2, 0.25) is 0 Å². The number of pyridine rings is 1. The molecule has 9 heteroatoms. The number of hydrogen-bond donors (Lipinski definition) is 2. The zero-order valence-electron chi connectivity index (χ0n) is 19.8. The molecule has 2 aromatic heterocycles. The number of para-hydroxylation sites is 1. The molecule has 4 aromatic rings. The fraction of sp³-hybridized carbons (Fsp3) is 0.192. The first-order valence-corrected chi connectivity index (χ1v) is 11.7. The van der Waals surface area contributed by atoms with Gasteiger partial charge in [-0.15, -0.1) is 11.3 Å². The van der Waals surface area contributed by atoms with Crippen molar-refractivity contribution in [2.45, 2.75) is 13.8 Å². The SMILES string of the molecule is CCOC(=O)c1sc2nc(C)c(C(=O)Nc3ccccc3)c(-c3ccc(OC)c(OC)c3)c2c1N. The summed E-state index contributed by atoms with van der Waals surface area (Å²) in [6.45, 7) is 3.70. The van der Waals surface area contributed by atoms with Crippen molar-refractivity contribution in [3.63, 3.8) is 0 Å². The second-order valence-electron chi connectivity index (χ2n) is 7.58. The Hall–Kier alpha value is -4.11. The molecule has 0 aliphatic heterocycles. The van der Waals surface area contributed by atoms with E-state index in [1.807, 2.05) is 24.3 Å². The number of aromatic nitrogens is 1. The number of rotatable bonds is 7. The molecular weight excluding hydrogens is 466 g/mol. The Morgan fingerprint density at radius 2 is 1.77 bits per heavy atom. The molecular formula is C26H25N3O5S. The molecule has 35 heavy (non-hydrogen) atoms. The smallest absolute Gasteiger partial charge is 0.350 e. The summed E-state index contributed by atoms with van der Waals surface area (Å²) in [6.07, 6.45) is 0. The Bertz CT molecular complexity index is 1420. The molecule has 1 amide bonds. The molecule has 0 saturated heterocycles. The van der Waals surface area contributed by atoms with Crippen LogP contribution >= 0.6 is 11.3 Å². The van der Waals surface area contributed by atoms with Gasteiger partial charge in [0.15, 0.2) is 11.5 Å². The lowest BCUT2D eigenvalue weighted by Gasteiger charge is -2.16. The van der Waals surface area contributed by atoms with E-state index in [4.69, 9.17) is 19.9 Å². The number of amides is 1. The maximum absolute atomic E-state index is 13.6. The number of nitrogen functional groups attached to an aromatic ring is 1. The van der Waals surface area contributed by atoms with Crippen LogP contribution in [0.25, 0.3) is 21.3 Å². The monoisotopic (exact) mass is 491 g/mol. The number of benzene rings is 2. The van der Waals surface area contributed by atoms with Gasteiger partial charge in [-0.2, -0.15) is 0 Å². The number of anilines is 2. The zero-order valence-corrected chi connectivity index (χ0v) is 20.6. The van der Waals surface area contributed by atoms with Gasteiger partial charge in [-0.25, -0.2) is 9.78 Å². The summed E-state index contributed by atoms with van der Waals surface area (Å²) >= 11 is 1.14. The summed E-state index contributed by atoms with van der Waals surface area (Å²) in [5, 5.41) is 3.44. The van der Waals surface area contributed by atoms with Crippen molar-refractivity contribution in [2.24, 2.45) is 0 Å². The number of hydrogen-bond acceptors (Lipinski definition) is 8. The van der Waals surface area contributed by atoms with Crippen molar-refractivity contribution in [2.75, 3.05) is 31.9 Å². The van der Waals surface area contributed by atoms with Crippen LogP contribution in [0.4, 0.5) is 11.4 Å². The zero-order chi connectivity index (χ0) is 25.1. The Labute approximate surface area is 206 Å². The number of methoxy groups -OCH3 is 2. The number of nitrogens with one attached hydrogen (secondary N) is 1. The number of carbonyl (C=O) groups excluding carboxylic acids is 2. The second kappa shape index (κ2) is 10.0. The number of nitrogens with zero attached hydrogens (tertiary/aromatic N) is 1. The van der Waals surface area contributed by atoms with Crippen LogP contribution in [-0.4, -0.2) is 37.7 Å².